The Morgan fingerprint density at radius 2 is 2.16 bits per heavy atom. The van der Waals surface area contributed by atoms with Crippen LogP contribution in [0.1, 0.15) is 12.5 Å². The van der Waals surface area contributed by atoms with Gasteiger partial charge in [0.15, 0.2) is 5.82 Å². The number of rotatable bonds is 4. The van der Waals surface area contributed by atoms with Gasteiger partial charge in [-0.2, -0.15) is 0 Å². The molecule has 0 radical (unpaired) electrons. The summed E-state index contributed by atoms with van der Waals surface area (Å²) in [7, 11) is 1.53. The lowest BCUT2D eigenvalue weighted by atomic mass is 9.86. The Morgan fingerprint density at radius 3 is 2.90 bits per heavy atom. The number of carbonyl (C=O) groups is 1. The first-order valence-corrected chi connectivity index (χ1v) is 9.95. The highest BCUT2D eigenvalue weighted by Gasteiger charge is 2.44. The SMILES string of the molecule is COc1cc2ncncc2cc1C1(C)CN(Nc2cccc(Cl)c2F)CCN1C(=O)O. The average molecular weight is 446 g/mol. The summed E-state index contributed by atoms with van der Waals surface area (Å²) >= 11 is 5.90. The third-order valence-electron chi connectivity index (χ3n) is 5.56. The topological polar surface area (TPSA) is 90.8 Å². The number of amides is 1. The van der Waals surface area contributed by atoms with Crippen LogP contribution in [-0.4, -0.2) is 57.8 Å². The van der Waals surface area contributed by atoms with E-state index in [-0.39, 0.29) is 23.8 Å². The van der Waals surface area contributed by atoms with Crippen molar-refractivity contribution in [1.29, 1.82) is 0 Å². The van der Waals surface area contributed by atoms with E-state index < -0.39 is 17.4 Å². The van der Waals surface area contributed by atoms with Crippen LogP contribution < -0.4 is 10.2 Å². The quantitative estimate of drug-likeness (QED) is 0.627. The molecular formula is C21H21ClFN5O3. The van der Waals surface area contributed by atoms with Crippen LogP contribution >= 0.6 is 11.6 Å². The fourth-order valence-corrected chi connectivity index (χ4v) is 4.17. The lowest BCUT2D eigenvalue weighted by Crippen LogP contribution is -2.61. The van der Waals surface area contributed by atoms with Crippen LogP contribution in [0.15, 0.2) is 42.9 Å². The molecule has 1 aliphatic heterocycles. The minimum absolute atomic E-state index is 0.00753. The Kier molecular flexibility index (Phi) is 5.55. The van der Waals surface area contributed by atoms with Crippen LogP contribution in [0.5, 0.6) is 5.75 Å². The van der Waals surface area contributed by atoms with E-state index in [1.165, 1.54) is 24.4 Å². The lowest BCUT2D eigenvalue weighted by Gasteiger charge is -2.48. The molecular weight excluding hydrogens is 425 g/mol. The molecule has 1 atom stereocenters. The van der Waals surface area contributed by atoms with Crippen LogP contribution in [0, 0.1) is 5.82 Å². The minimum Gasteiger partial charge on any atom is -0.496 e. The summed E-state index contributed by atoms with van der Waals surface area (Å²) in [5.74, 6) is -0.0531. The second-order valence-corrected chi connectivity index (χ2v) is 7.88. The predicted molar refractivity (Wildman–Crippen MR) is 115 cm³/mol. The van der Waals surface area contributed by atoms with Gasteiger partial charge in [-0.1, -0.05) is 17.7 Å². The van der Waals surface area contributed by atoms with Crippen molar-refractivity contribution in [2.24, 2.45) is 0 Å². The molecule has 0 saturated carbocycles. The fourth-order valence-electron chi connectivity index (χ4n) is 4.00. The third-order valence-corrected chi connectivity index (χ3v) is 5.85. The summed E-state index contributed by atoms with van der Waals surface area (Å²) in [4.78, 5) is 21.8. The molecule has 0 aliphatic carbocycles. The van der Waals surface area contributed by atoms with E-state index in [0.717, 1.165) is 5.39 Å². The summed E-state index contributed by atoms with van der Waals surface area (Å²) in [6.45, 7) is 2.61. The van der Waals surface area contributed by atoms with Gasteiger partial charge in [0, 0.05) is 42.8 Å². The van der Waals surface area contributed by atoms with E-state index in [0.29, 0.717) is 23.4 Å². The van der Waals surface area contributed by atoms with Gasteiger partial charge in [0.25, 0.3) is 0 Å². The van der Waals surface area contributed by atoms with Crippen LogP contribution in [-0.2, 0) is 5.54 Å². The normalized spacial score (nSPS) is 19.4. The number of carboxylic acid groups (broad SMARTS) is 1. The van der Waals surface area contributed by atoms with Crippen molar-refractivity contribution in [3.63, 3.8) is 0 Å². The third kappa shape index (κ3) is 3.82. The molecule has 0 spiro atoms. The molecule has 10 heteroatoms. The molecule has 162 valence electrons. The van der Waals surface area contributed by atoms with Crippen molar-refractivity contribution in [2.75, 3.05) is 32.2 Å². The van der Waals surface area contributed by atoms with E-state index in [1.807, 2.05) is 13.0 Å². The van der Waals surface area contributed by atoms with Crippen molar-refractivity contribution >= 4 is 34.3 Å². The number of nitrogens with zero attached hydrogens (tertiary/aromatic N) is 4. The summed E-state index contributed by atoms with van der Waals surface area (Å²) in [6.07, 6.45) is 2.06. The van der Waals surface area contributed by atoms with Crippen LogP contribution in [0.2, 0.25) is 5.02 Å². The molecule has 8 nitrogen and oxygen atoms in total. The van der Waals surface area contributed by atoms with Gasteiger partial charge in [0.1, 0.15) is 12.1 Å². The number of aromatic nitrogens is 2. The molecule has 0 bridgehead atoms. The molecule has 1 fully saturated rings. The molecule has 1 aromatic heterocycles. The maximum atomic E-state index is 14.4. The van der Waals surface area contributed by atoms with E-state index in [2.05, 4.69) is 15.4 Å². The van der Waals surface area contributed by atoms with E-state index in [4.69, 9.17) is 16.3 Å². The second-order valence-electron chi connectivity index (χ2n) is 7.48. The summed E-state index contributed by atoms with van der Waals surface area (Å²) in [6, 6.07) is 8.30. The van der Waals surface area contributed by atoms with Crippen molar-refractivity contribution in [2.45, 2.75) is 12.5 Å². The predicted octanol–water partition coefficient (Wildman–Crippen LogP) is 3.97. The van der Waals surface area contributed by atoms with Gasteiger partial charge in [-0.05, 0) is 25.1 Å². The molecule has 1 saturated heterocycles. The molecule has 1 amide bonds. The van der Waals surface area contributed by atoms with Gasteiger partial charge in [0.05, 0.1) is 28.9 Å². The first-order valence-electron chi connectivity index (χ1n) is 9.58. The number of piperazine rings is 1. The summed E-state index contributed by atoms with van der Waals surface area (Å²) in [5, 5.41) is 12.5. The maximum Gasteiger partial charge on any atom is 0.408 e. The Morgan fingerprint density at radius 1 is 1.35 bits per heavy atom. The molecule has 4 rings (SSSR count). The van der Waals surface area contributed by atoms with Crippen molar-refractivity contribution in [3.8, 4) is 5.75 Å². The average Bonchev–Trinajstić information content (AvgIpc) is 2.75. The van der Waals surface area contributed by atoms with Gasteiger partial charge in [-0.25, -0.2) is 24.2 Å². The van der Waals surface area contributed by atoms with Crippen molar-refractivity contribution in [3.05, 3.63) is 59.3 Å². The van der Waals surface area contributed by atoms with E-state index in [1.54, 1.807) is 29.4 Å². The molecule has 2 heterocycles. The number of nitrogens with one attached hydrogen (secondary N) is 1. The Labute approximate surface area is 183 Å². The maximum absolute atomic E-state index is 14.4. The minimum atomic E-state index is -1.05. The highest BCUT2D eigenvalue weighted by molar-refractivity contribution is 6.31. The Bertz CT molecular complexity index is 1150. The van der Waals surface area contributed by atoms with Gasteiger partial charge >= 0.3 is 6.09 Å². The number of fused-ring (bicyclic) bond motifs is 1. The highest BCUT2D eigenvalue weighted by atomic mass is 35.5. The molecule has 3 aromatic rings. The second kappa shape index (κ2) is 8.16. The van der Waals surface area contributed by atoms with Crippen molar-refractivity contribution in [1.82, 2.24) is 19.9 Å². The summed E-state index contributed by atoms with van der Waals surface area (Å²) < 4.78 is 20.0. The smallest absolute Gasteiger partial charge is 0.408 e. The van der Waals surface area contributed by atoms with Gasteiger partial charge in [-0.3, -0.25) is 4.90 Å². The fraction of sp³-hybridized carbons (Fsp3) is 0.286. The first kappa shape index (κ1) is 21.1. The van der Waals surface area contributed by atoms with E-state index >= 15 is 0 Å². The van der Waals surface area contributed by atoms with Crippen molar-refractivity contribution < 1.29 is 19.0 Å². The molecule has 1 unspecified atom stereocenters. The number of hydrogen-bond acceptors (Lipinski definition) is 6. The lowest BCUT2D eigenvalue weighted by molar-refractivity contribution is 0.0214. The molecule has 31 heavy (non-hydrogen) atoms. The zero-order valence-corrected chi connectivity index (χ0v) is 17.7. The number of ether oxygens (including phenoxy) is 1. The Hall–Kier alpha value is -3.17. The van der Waals surface area contributed by atoms with Gasteiger partial charge < -0.3 is 15.3 Å². The number of halogens is 2. The first-order chi connectivity index (χ1) is 14.8. The van der Waals surface area contributed by atoms with Crippen LogP contribution in [0.3, 0.4) is 0 Å². The van der Waals surface area contributed by atoms with Crippen LogP contribution in [0.25, 0.3) is 10.9 Å². The Balaban J connectivity index is 1.76. The van der Waals surface area contributed by atoms with Crippen LogP contribution in [0.4, 0.5) is 14.9 Å². The van der Waals surface area contributed by atoms with Gasteiger partial charge in [0.2, 0.25) is 0 Å². The molecule has 1 aliphatic rings. The zero-order valence-electron chi connectivity index (χ0n) is 17.0. The number of benzene rings is 2. The summed E-state index contributed by atoms with van der Waals surface area (Å²) in [5.41, 5.74) is 3.61. The van der Waals surface area contributed by atoms with Gasteiger partial charge in [-0.15, -0.1) is 0 Å². The monoisotopic (exact) mass is 445 g/mol. The van der Waals surface area contributed by atoms with E-state index in [9.17, 15) is 14.3 Å². The largest absolute Gasteiger partial charge is 0.496 e. The number of hydrazine groups is 1. The number of methoxy groups -OCH3 is 1. The highest BCUT2D eigenvalue weighted by Crippen LogP contribution is 2.40. The number of anilines is 1. The standard InChI is InChI=1S/C21H21ClFN5O3/c1-21(14-8-13-10-24-12-25-17(13)9-18(14)31-2)11-27(6-7-28(21)20(29)30)26-16-5-3-4-15(22)19(16)23/h3-5,8-10,12,26H,6-7,11H2,1-2H3,(H,29,30). The molecule has 2 aromatic carbocycles. The zero-order chi connectivity index (χ0) is 22.2. The number of hydrogen-bond donors (Lipinski definition) is 2. The molecule has 2 N–H and O–H groups in total.